The summed E-state index contributed by atoms with van der Waals surface area (Å²) in [5.74, 6) is 0.0126. The summed E-state index contributed by atoms with van der Waals surface area (Å²) in [5.41, 5.74) is 0.507. The zero-order valence-electron chi connectivity index (χ0n) is 16.1. The number of carbonyl (C=O) groups is 1. The van der Waals surface area contributed by atoms with Gasteiger partial charge in [-0.1, -0.05) is 37.8 Å². The molecule has 0 bridgehead atoms. The smallest absolute Gasteiger partial charge is 0.263 e. The van der Waals surface area contributed by atoms with Crippen LogP contribution >= 0.6 is 12.4 Å². The van der Waals surface area contributed by atoms with Crippen LogP contribution in [0.1, 0.15) is 51.0 Å². The van der Waals surface area contributed by atoms with Crippen molar-refractivity contribution in [3.05, 3.63) is 29.8 Å². The Morgan fingerprint density at radius 2 is 1.86 bits per heavy atom. The van der Waals surface area contributed by atoms with E-state index < -0.39 is 16.1 Å². The average molecular weight is 429 g/mol. The predicted octanol–water partition coefficient (Wildman–Crippen LogP) is 1.96. The van der Waals surface area contributed by atoms with Crippen molar-refractivity contribution in [2.75, 3.05) is 13.1 Å². The molecular weight excluding hydrogens is 400 g/mol. The molecule has 3 N–H and O–H groups in total. The van der Waals surface area contributed by atoms with Gasteiger partial charge < -0.3 is 10.6 Å². The monoisotopic (exact) mass is 428 g/mol. The van der Waals surface area contributed by atoms with Crippen LogP contribution in [-0.4, -0.2) is 45.3 Å². The quantitative estimate of drug-likeness (QED) is 0.476. The lowest BCUT2D eigenvalue weighted by molar-refractivity contribution is -0.121. The summed E-state index contributed by atoms with van der Waals surface area (Å²) in [6.07, 6.45) is 7.60. The van der Waals surface area contributed by atoms with E-state index in [9.17, 15) is 13.2 Å². The number of fused-ring (bicyclic) bond motifs is 1. The topological polar surface area (TPSA) is 99.7 Å². The maximum atomic E-state index is 12.3. The normalized spacial score (nSPS) is 21.1. The van der Waals surface area contributed by atoms with Crippen LogP contribution in [0.25, 0.3) is 0 Å². The largest absolute Gasteiger partial charge is 0.353 e. The van der Waals surface area contributed by atoms with Crippen molar-refractivity contribution in [2.45, 2.75) is 62.4 Å². The summed E-state index contributed by atoms with van der Waals surface area (Å²) in [6.45, 7) is 2.93. The first kappa shape index (κ1) is 22.6. The number of hydrogen-bond acceptors (Lipinski definition) is 5. The van der Waals surface area contributed by atoms with Gasteiger partial charge in [0.15, 0.2) is 0 Å². The van der Waals surface area contributed by atoms with Gasteiger partial charge in [0.1, 0.15) is 11.9 Å². The molecule has 9 heteroatoms. The molecule has 1 saturated carbocycles. The minimum atomic E-state index is -3.58. The summed E-state index contributed by atoms with van der Waals surface area (Å²) in [7, 11) is -3.58. The van der Waals surface area contributed by atoms with E-state index in [1.165, 1.54) is 44.6 Å². The van der Waals surface area contributed by atoms with Gasteiger partial charge in [-0.25, -0.2) is 8.42 Å². The first-order valence-corrected chi connectivity index (χ1v) is 11.2. The Labute approximate surface area is 173 Å². The lowest BCUT2D eigenvalue weighted by atomic mass is 10.1. The van der Waals surface area contributed by atoms with Crippen LogP contribution in [0.15, 0.2) is 34.2 Å². The Morgan fingerprint density at radius 3 is 2.57 bits per heavy atom. The highest BCUT2D eigenvalue weighted by molar-refractivity contribution is 7.90. The molecule has 3 rings (SSSR count). The fraction of sp³-hybridized carbons (Fsp3) is 0.579. The third-order valence-electron chi connectivity index (χ3n) is 5.08. The fourth-order valence-corrected chi connectivity index (χ4v) is 4.81. The Balaban J connectivity index is 0.00000280. The van der Waals surface area contributed by atoms with Crippen LogP contribution in [-0.2, 0) is 14.8 Å². The molecular formula is C19H29ClN4O3S. The number of amidine groups is 1. The van der Waals surface area contributed by atoms with Crippen LogP contribution < -0.4 is 15.4 Å². The van der Waals surface area contributed by atoms with Crippen molar-refractivity contribution in [3.8, 4) is 0 Å². The van der Waals surface area contributed by atoms with Crippen molar-refractivity contribution in [3.63, 3.8) is 0 Å². The third kappa shape index (κ3) is 5.68. The molecule has 0 radical (unpaired) electrons. The van der Waals surface area contributed by atoms with Gasteiger partial charge in [0.2, 0.25) is 5.91 Å². The molecule has 0 spiro atoms. The standard InChI is InChI=1S/C19H28N4O3S.ClH/c1-14(19(24)21-13-12-20-15-8-4-2-3-5-9-15)22-18-16-10-6-7-11-17(16)27(25,26)23-18;/h6-7,10-11,14-15,20H,2-5,8-9,12-13H2,1H3,(H,21,24)(H,22,23);1H. The number of halogens is 1. The van der Waals surface area contributed by atoms with Crippen LogP contribution in [0.2, 0.25) is 0 Å². The van der Waals surface area contributed by atoms with E-state index in [-0.39, 0.29) is 29.0 Å². The highest BCUT2D eigenvalue weighted by Gasteiger charge is 2.31. The van der Waals surface area contributed by atoms with Gasteiger partial charge in [-0.05, 0) is 31.9 Å². The van der Waals surface area contributed by atoms with Crippen molar-refractivity contribution in [2.24, 2.45) is 4.99 Å². The number of benzene rings is 1. The van der Waals surface area contributed by atoms with Crippen molar-refractivity contribution in [1.82, 2.24) is 15.4 Å². The van der Waals surface area contributed by atoms with E-state index in [0.717, 1.165) is 6.54 Å². The number of sulfonamides is 1. The van der Waals surface area contributed by atoms with Crippen molar-refractivity contribution in [1.29, 1.82) is 0 Å². The molecule has 0 saturated heterocycles. The van der Waals surface area contributed by atoms with Gasteiger partial charge >= 0.3 is 0 Å². The first-order chi connectivity index (χ1) is 13.0. The van der Waals surface area contributed by atoms with E-state index >= 15 is 0 Å². The number of carbonyl (C=O) groups excluding carboxylic acids is 1. The number of aliphatic imine (C=N–C) groups is 1. The van der Waals surface area contributed by atoms with Crippen molar-refractivity contribution < 1.29 is 13.2 Å². The van der Waals surface area contributed by atoms with E-state index in [2.05, 4.69) is 20.3 Å². The van der Waals surface area contributed by atoms with Crippen molar-refractivity contribution >= 4 is 34.2 Å². The van der Waals surface area contributed by atoms with E-state index in [0.29, 0.717) is 18.2 Å². The van der Waals surface area contributed by atoms with Gasteiger partial charge in [0.25, 0.3) is 10.0 Å². The molecule has 1 aromatic rings. The number of nitrogens with one attached hydrogen (secondary N) is 3. The molecule has 7 nitrogen and oxygen atoms in total. The molecule has 28 heavy (non-hydrogen) atoms. The Morgan fingerprint density at radius 1 is 1.18 bits per heavy atom. The maximum Gasteiger partial charge on any atom is 0.263 e. The van der Waals surface area contributed by atoms with Gasteiger partial charge in [-0.3, -0.25) is 14.5 Å². The minimum absolute atomic E-state index is 0. The van der Waals surface area contributed by atoms with E-state index in [1.54, 1.807) is 25.1 Å². The number of nitrogens with zero attached hydrogens (tertiary/aromatic N) is 1. The summed E-state index contributed by atoms with van der Waals surface area (Å²) < 4.78 is 26.6. The van der Waals surface area contributed by atoms with Gasteiger partial charge in [-0.2, -0.15) is 0 Å². The number of hydrogen-bond donors (Lipinski definition) is 3. The lowest BCUT2D eigenvalue weighted by Gasteiger charge is -2.16. The van der Waals surface area contributed by atoms with E-state index in [4.69, 9.17) is 0 Å². The maximum absolute atomic E-state index is 12.3. The van der Waals surface area contributed by atoms with Crippen LogP contribution in [0.4, 0.5) is 0 Å². The molecule has 156 valence electrons. The molecule has 0 aromatic heterocycles. The Kier molecular flexibility index (Phi) is 8.27. The second kappa shape index (κ2) is 10.2. The summed E-state index contributed by atoms with van der Waals surface area (Å²) in [6, 6.07) is 6.51. The highest BCUT2D eigenvalue weighted by atomic mass is 35.5. The predicted molar refractivity (Wildman–Crippen MR) is 113 cm³/mol. The highest BCUT2D eigenvalue weighted by Crippen LogP contribution is 2.22. The van der Waals surface area contributed by atoms with Crippen LogP contribution in [0, 0.1) is 0 Å². The van der Waals surface area contributed by atoms with Gasteiger partial charge in [0, 0.05) is 24.7 Å². The Hall–Kier alpha value is -1.64. The molecule has 1 unspecified atom stereocenters. The van der Waals surface area contributed by atoms with Gasteiger partial charge in [-0.15, -0.1) is 12.4 Å². The van der Waals surface area contributed by atoms with Crippen LogP contribution in [0.5, 0.6) is 0 Å². The molecule has 1 aliphatic carbocycles. The second-order valence-electron chi connectivity index (χ2n) is 7.19. The zero-order valence-corrected chi connectivity index (χ0v) is 17.7. The molecule has 1 aromatic carbocycles. The van der Waals surface area contributed by atoms with E-state index in [1.807, 2.05) is 0 Å². The minimum Gasteiger partial charge on any atom is -0.353 e. The molecule has 1 atom stereocenters. The summed E-state index contributed by atoms with van der Waals surface area (Å²) in [4.78, 5) is 16.8. The molecule has 1 fully saturated rings. The SMILES string of the molecule is CC(N=C1NS(=O)(=O)c2ccccc21)C(=O)NCCNC1CCCCCC1.Cl. The zero-order chi connectivity index (χ0) is 19.3. The second-order valence-corrected chi connectivity index (χ2v) is 8.84. The van der Waals surface area contributed by atoms with Crippen LogP contribution in [0.3, 0.4) is 0 Å². The number of rotatable bonds is 6. The molecule has 2 aliphatic rings. The molecule has 1 amide bonds. The summed E-state index contributed by atoms with van der Waals surface area (Å²) >= 11 is 0. The lowest BCUT2D eigenvalue weighted by Crippen LogP contribution is -2.40. The molecule has 1 aliphatic heterocycles. The number of amides is 1. The molecule has 1 heterocycles. The average Bonchev–Trinajstić information content (AvgIpc) is 2.82. The summed E-state index contributed by atoms with van der Waals surface area (Å²) in [5, 5.41) is 6.38. The fourth-order valence-electron chi connectivity index (χ4n) is 3.58. The third-order valence-corrected chi connectivity index (χ3v) is 6.47. The van der Waals surface area contributed by atoms with Gasteiger partial charge in [0.05, 0.1) is 4.90 Å². The Bertz CT molecular complexity index is 805. The first-order valence-electron chi connectivity index (χ1n) is 9.68.